The van der Waals surface area contributed by atoms with Gasteiger partial charge in [-0.05, 0) is 61.7 Å². The summed E-state index contributed by atoms with van der Waals surface area (Å²) in [5, 5.41) is 3.07. The highest BCUT2D eigenvalue weighted by molar-refractivity contribution is 7.92. The second-order valence-electron chi connectivity index (χ2n) is 8.54. The fourth-order valence-corrected chi connectivity index (χ4v) is 7.00. The van der Waals surface area contributed by atoms with E-state index in [1.54, 1.807) is 37.3 Å². The summed E-state index contributed by atoms with van der Waals surface area (Å²) < 4.78 is 58.7. The SMILES string of the molecule is CC[C@@H](C(=O)NCCOc1ccc(S(=O)(=O)N2CCCCC2)cc1)N(c1cccc(Cl)c1)S(C)(=O)=O. The van der Waals surface area contributed by atoms with E-state index < -0.39 is 32.0 Å². The summed E-state index contributed by atoms with van der Waals surface area (Å²) in [5.74, 6) is 0.0000444. The second kappa shape index (κ2) is 12.3. The fraction of sp³-hybridized carbons (Fsp3) is 0.458. The first-order valence-electron chi connectivity index (χ1n) is 11.8. The molecule has 0 bridgehead atoms. The minimum absolute atomic E-state index is 0.121. The van der Waals surface area contributed by atoms with E-state index in [2.05, 4.69) is 5.32 Å². The van der Waals surface area contributed by atoms with E-state index in [0.717, 1.165) is 29.8 Å². The van der Waals surface area contributed by atoms with E-state index in [1.807, 2.05) is 0 Å². The standard InChI is InChI=1S/C24H32ClN3O6S2/c1-3-23(28(35(2,30)31)20-9-7-8-19(25)18-20)24(29)26-14-17-34-21-10-12-22(13-11-21)36(32,33)27-15-5-4-6-16-27/h7-13,18,23H,3-6,14-17H2,1-2H3,(H,26,29)/t23-/m0/s1. The largest absolute Gasteiger partial charge is 0.492 e. The Kier molecular flexibility index (Phi) is 9.62. The quantitative estimate of drug-likeness (QED) is 0.424. The molecule has 1 amide bonds. The molecule has 1 saturated heterocycles. The van der Waals surface area contributed by atoms with Gasteiger partial charge in [-0.3, -0.25) is 9.10 Å². The number of halogens is 1. The van der Waals surface area contributed by atoms with Crippen molar-refractivity contribution in [3.8, 4) is 5.75 Å². The predicted octanol–water partition coefficient (Wildman–Crippen LogP) is 3.25. The Labute approximate surface area is 218 Å². The van der Waals surface area contributed by atoms with E-state index in [1.165, 1.54) is 22.5 Å². The lowest BCUT2D eigenvalue weighted by atomic mass is 10.2. The smallest absolute Gasteiger partial charge is 0.244 e. The molecule has 1 aliphatic rings. The molecule has 0 aliphatic carbocycles. The third-order valence-electron chi connectivity index (χ3n) is 5.84. The van der Waals surface area contributed by atoms with Crippen LogP contribution in [-0.2, 0) is 24.8 Å². The molecule has 1 fully saturated rings. The number of piperidine rings is 1. The Morgan fingerprint density at radius 2 is 1.75 bits per heavy atom. The second-order valence-corrected chi connectivity index (χ2v) is 12.8. The molecule has 1 N–H and O–H groups in total. The zero-order valence-electron chi connectivity index (χ0n) is 20.4. The van der Waals surface area contributed by atoms with E-state index in [4.69, 9.17) is 16.3 Å². The van der Waals surface area contributed by atoms with Crippen LogP contribution < -0.4 is 14.4 Å². The molecule has 36 heavy (non-hydrogen) atoms. The number of benzene rings is 2. The normalized spacial score (nSPS) is 15.8. The van der Waals surface area contributed by atoms with Gasteiger partial charge in [0.2, 0.25) is 26.0 Å². The Morgan fingerprint density at radius 3 is 2.33 bits per heavy atom. The Morgan fingerprint density at radius 1 is 1.08 bits per heavy atom. The van der Waals surface area contributed by atoms with Gasteiger partial charge in [0.15, 0.2) is 0 Å². The van der Waals surface area contributed by atoms with E-state index in [9.17, 15) is 21.6 Å². The van der Waals surface area contributed by atoms with Crippen LogP contribution in [0.4, 0.5) is 5.69 Å². The highest BCUT2D eigenvalue weighted by Crippen LogP contribution is 2.26. The lowest BCUT2D eigenvalue weighted by Gasteiger charge is -2.30. The number of amides is 1. The maximum absolute atomic E-state index is 12.9. The maximum atomic E-state index is 12.9. The molecule has 0 radical (unpaired) electrons. The molecule has 1 heterocycles. The highest BCUT2D eigenvalue weighted by Gasteiger charge is 2.31. The molecule has 12 heteroatoms. The molecule has 1 aliphatic heterocycles. The highest BCUT2D eigenvalue weighted by atomic mass is 35.5. The van der Waals surface area contributed by atoms with Gasteiger partial charge < -0.3 is 10.1 Å². The van der Waals surface area contributed by atoms with Crippen molar-refractivity contribution in [3.63, 3.8) is 0 Å². The number of hydrogen-bond donors (Lipinski definition) is 1. The topological polar surface area (TPSA) is 113 Å². The van der Waals surface area contributed by atoms with Crippen LogP contribution in [0.1, 0.15) is 32.6 Å². The average Bonchev–Trinajstić information content (AvgIpc) is 2.85. The number of nitrogens with zero attached hydrogens (tertiary/aromatic N) is 2. The Balaban J connectivity index is 1.57. The first kappa shape index (κ1) is 28.2. The first-order valence-corrected chi connectivity index (χ1v) is 15.5. The summed E-state index contributed by atoms with van der Waals surface area (Å²) >= 11 is 6.03. The molecule has 0 aromatic heterocycles. The van der Waals surface area contributed by atoms with Gasteiger partial charge in [0.05, 0.1) is 23.4 Å². The van der Waals surface area contributed by atoms with Crippen LogP contribution in [0.3, 0.4) is 0 Å². The van der Waals surface area contributed by atoms with Crippen LogP contribution in [-0.4, -0.2) is 65.6 Å². The Hall–Kier alpha value is -2.34. The minimum Gasteiger partial charge on any atom is -0.492 e. The van der Waals surface area contributed by atoms with Crippen molar-refractivity contribution >= 4 is 43.2 Å². The Bertz CT molecular complexity index is 1250. The lowest BCUT2D eigenvalue weighted by molar-refractivity contribution is -0.122. The summed E-state index contributed by atoms with van der Waals surface area (Å²) in [7, 11) is -7.27. The van der Waals surface area contributed by atoms with Crippen LogP contribution >= 0.6 is 11.6 Å². The van der Waals surface area contributed by atoms with Crippen LogP contribution in [0.25, 0.3) is 0 Å². The van der Waals surface area contributed by atoms with Crippen LogP contribution in [0, 0.1) is 0 Å². The molecule has 0 saturated carbocycles. The van der Waals surface area contributed by atoms with Crippen LogP contribution in [0.2, 0.25) is 5.02 Å². The fourth-order valence-electron chi connectivity index (χ4n) is 4.10. The van der Waals surface area contributed by atoms with Crippen LogP contribution in [0.15, 0.2) is 53.4 Å². The van der Waals surface area contributed by atoms with Gasteiger partial charge in [0, 0.05) is 18.1 Å². The molecule has 2 aromatic rings. The monoisotopic (exact) mass is 557 g/mol. The van der Waals surface area contributed by atoms with Gasteiger partial charge in [-0.2, -0.15) is 4.31 Å². The number of carbonyl (C=O) groups is 1. The number of ether oxygens (including phenoxy) is 1. The summed E-state index contributed by atoms with van der Waals surface area (Å²) in [5.41, 5.74) is 0.308. The van der Waals surface area contributed by atoms with Crippen molar-refractivity contribution < 1.29 is 26.4 Å². The van der Waals surface area contributed by atoms with Crippen LogP contribution in [0.5, 0.6) is 5.75 Å². The van der Waals surface area contributed by atoms with Crippen molar-refractivity contribution in [2.24, 2.45) is 0 Å². The van der Waals surface area contributed by atoms with Crippen molar-refractivity contribution in [1.82, 2.24) is 9.62 Å². The van der Waals surface area contributed by atoms with Crippen molar-refractivity contribution in [1.29, 1.82) is 0 Å². The molecule has 9 nitrogen and oxygen atoms in total. The zero-order valence-corrected chi connectivity index (χ0v) is 22.8. The summed E-state index contributed by atoms with van der Waals surface area (Å²) in [6.45, 7) is 3.05. The molecular formula is C24H32ClN3O6S2. The van der Waals surface area contributed by atoms with Gasteiger partial charge in [-0.25, -0.2) is 16.8 Å². The predicted molar refractivity (Wildman–Crippen MR) is 140 cm³/mol. The van der Waals surface area contributed by atoms with E-state index >= 15 is 0 Å². The van der Waals surface area contributed by atoms with E-state index in [-0.39, 0.29) is 24.5 Å². The maximum Gasteiger partial charge on any atom is 0.244 e. The van der Waals surface area contributed by atoms with E-state index in [0.29, 0.717) is 29.5 Å². The number of rotatable bonds is 11. The summed E-state index contributed by atoms with van der Waals surface area (Å²) in [4.78, 5) is 13.1. The zero-order chi connectivity index (χ0) is 26.3. The molecule has 0 unspecified atom stereocenters. The molecule has 3 rings (SSSR count). The number of hydrogen-bond acceptors (Lipinski definition) is 6. The van der Waals surface area contributed by atoms with Gasteiger partial charge in [-0.1, -0.05) is 31.0 Å². The summed E-state index contributed by atoms with van der Waals surface area (Å²) in [6.07, 6.45) is 4.07. The van der Waals surface area contributed by atoms with Gasteiger partial charge in [-0.15, -0.1) is 0 Å². The van der Waals surface area contributed by atoms with Gasteiger partial charge in [0.1, 0.15) is 18.4 Å². The average molecular weight is 558 g/mol. The minimum atomic E-state index is -3.76. The molecule has 198 valence electrons. The van der Waals surface area contributed by atoms with Gasteiger partial charge in [0.25, 0.3) is 0 Å². The van der Waals surface area contributed by atoms with Crippen molar-refractivity contribution in [3.05, 3.63) is 53.6 Å². The summed E-state index contributed by atoms with van der Waals surface area (Å²) in [6, 6.07) is 11.6. The first-order chi connectivity index (χ1) is 17.0. The lowest BCUT2D eigenvalue weighted by Crippen LogP contribution is -2.50. The third-order valence-corrected chi connectivity index (χ3v) is 9.17. The third kappa shape index (κ3) is 7.12. The molecule has 1 atom stereocenters. The molecule has 0 spiro atoms. The number of sulfonamides is 2. The number of carbonyl (C=O) groups excluding carboxylic acids is 1. The van der Waals surface area contributed by atoms with Gasteiger partial charge >= 0.3 is 0 Å². The number of nitrogens with one attached hydrogen (secondary N) is 1. The molecule has 2 aromatic carbocycles. The molecular weight excluding hydrogens is 526 g/mol. The van der Waals surface area contributed by atoms with Crippen molar-refractivity contribution in [2.75, 3.05) is 36.8 Å². The van der Waals surface area contributed by atoms with Crippen molar-refractivity contribution in [2.45, 2.75) is 43.5 Å². The number of anilines is 1.